The number of rotatable bonds is 64. The van der Waals surface area contributed by atoms with E-state index in [1.165, 1.54) is 295 Å². The summed E-state index contributed by atoms with van der Waals surface area (Å²) in [7, 11) is 0. The van der Waals surface area contributed by atoms with Crippen LogP contribution in [-0.2, 0) is 14.3 Å². The van der Waals surface area contributed by atoms with E-state index in [2.05, 4.69) is 43.5 Å². The van der Waals surface area contributed by atoms with Crippen molar-refractivity contribution < 1.29 is 24.5 Å². The lowest BCUT2D eigenvalue weighted by atomic mass is 10.0. The third-order valence-electron chi connectivity index (χ3n) is 16.0. The average Bonchev–Trinajstić information content (AvgIpc) is 3.41. The fourth-order valence-electron chi connectivity index (χ4n) is 10.8. The summed E-state index contributed by atoms with van der Waals surface area (Å²) >= 11 is 0. The molecule has 0 aromatic rings. The molecular weight excluding hydrogens is 923 g/mol. The van der Waals surface area contributed by atoms with Gasteiger partial charge < -0.3 is 20.3 Å². The zero-order chi connectivity index (χ0) is 54.3. The van der Waals surface area contributed by atoms with Crippen molar-refractivity contribution in [3.05, 3.63) is 24.3 Å². The smallest absolute Gasteiger partial charge is 0.305 e. The minimum absolute atomic E-state index is 0.0149. The molecule has 0 saturated heterocycles. The van der Waals surface area contributed by atoms with Gasteiger partial charge in [0.25, 0.3) is 0 Å². The summed E-state index contributed by atoms with van der Waals surface area (Å²) in [5.41, 5.74) is 0. The van der Waals surface area contributed by atoms with Crippen LogP contribution in [0.5, 0.6) is 0 Å². The highest BCUT2D eigenvalue weighted by molar-refractivity contribution is 5.76. The van der Waals surface area contributed by atoms with Crippen LogP contribution < -0.4 is 5.32 Å². The fraction of sp³-hybridized carbons (Fsp3) is 0.913. The van der Waals surface area contributed by atoms with Gasteiger partial charge in [-0.3, -0.25) is 9.59 Å². The molecular formula is C69H133NO5. The van der Waals surface area contributed by atoms with E-state index in [1.54, 1.807) is 0 Å². The minimum Gasteiger partial charge on any atom is -0.466 e. The molecule has 0 saturated carbocycles. The van der Waals surface area contributed by atoms with E-state index in [0.717, 1.165) is 51.4 Å². The predicted octanol–water partition coefficient (Wildman–Crippen LogP) is 21.8. The molecule has 0 bridgehead atoms. The van der Waals surface area contributed by atoms with E-state index in [1.807, 2.05) is 0 Å². The molecule has 0 aromatic heterocycles. The van der Waals surface area contributed by atoms with Gasteiger partial charge in [0, 0.05) is 12.8 Å². The van der Waals surface area contributed by atoms with Gasteiger partial charge in [-0.2, -0.15) is 0 Å². The summed E-state index contributed by atoms with van der Waals surface area (Å²) in [4.78, 5) is 24.6. The third-order valence-corrected chi connectivity index (χ3v) is 16.0. The molecule has 0 aliphatic rings. The number of carbonyl (C=O) groups excluding carboxylic acids is 2. The maximum absolute atomic E-state index is 12.5. The van der Waals surface area contributed by atoms with E-state index in [4.69, 9.17) is 4.74 Å². The summed E-state index contributed by atoms with van der Waals surface area (Å²) in [6, 6.07) is -0.538. The van der Waals surface area contributed by atoms with Gasteiger partial charge in [0.1, 0.15) is 0 Å². The molecule has 0 fully saturated rings. The van der Waals surface area contributed by atoms with Crippen molar-refractivity contribution in [2.75, 3.05) is 13.2 Å². The number of aliphatic hydroxyl groups is 2. The van der Waals surface area contributed by atoms with Crippen LogP contribution in [0, 0.1) is 0 Å². The van der Waals surface area contributed by atoms with Crippen LogP contribution in [0.3, 0.4) is 0 Å². The number of amides is 1. The monoisotopic (exact) mass is 1060 g/mol. The highest BCUT2D eigenvalue weighted by Gasteiger charge is 2.20. The molecule has 0 aromatic carbocycles. The Morgan fingerprint density at radius 1 is 0.373 bits per heavy atom. The molecule has 0 aliphatic carbocycles. The molecule has 6 nitrogen and oxygen atoms in total. The van der Waals surface area contributed by atoms with Gasteiger partial charge in [-0.25, -0.2) is 0 Å². The van der Waals surface area contributed by atoms with Crippen molar-refractivity contribution >= 4 is 11.9 Å². The third kappa shape index (κ3) is 61.4. The summed E-state index contributed by atoms with van der Waals surface area (Å²) in [6.45, 7) is 4.95. The van der Waals surface area contributed by atoms with Gasteiger partial charge in [-0.1, -0.05) is 334 Å². The van der Waals surface area contributed by atoms with Crippen molar-refractivity contribution in [3.63, 3.8) is 0 Å². The van der Waals surface area contributed by atoms with Gasteiger partial charge in [-0.05, 0) is 57.8 Å². The SMILES string of the molecule is CCCCC/C=C\C/C=C\CCCCCCCCCCCC(=O)OCCCCCCCCCCCCCCCCCCCCCCCCCCCCCC(=O)NC(CO)C(O)CCCCCCCCCCCCCC. The van der Waals surface area contributed by atoms with Gasteiger partial charge in [0.15, 0.2) is 0 Å². The Morgan fingerprint density at radius 2 is 0.667 bits per heavy atom. The van der Waals surface area contributed by atoms with Gasteiger partial charge in [-0.15, -0.1) is 0 Å². The van der Waals surface area contributed by atoms with E-state index in [9.17, 15) is 19.8 Å². The second-order valence-corrected chi connectivity index (χ2v) is 23.5. The predicted molar refractivity (Wildman–Crippen MR) is 329 cm³/mol. The number of aliphatic hydroxyl groups excluding tert-OH is 2. The first kappa shape index (κ1) is 73.3. The molecule has 1 amide bonds. The number of carbonyl (C=O) groups is 2. The molecule has 0 radical (unpaired) electrons. The van der Waals surface area contributed by atoms with E-state index in [0.29, 0.717) is 25.9 Å². The number of nitrogens with one attached hydrogen (secondary N) is 1. The summed E-state index contributed by atoms with van der Waals surface area (Å²) in [5, 5.41) is 23.3. The van der Waals surface area contributed by atoms with E-state index >= 15 is 0 Å². The number of hydrogen-bond donors (Lipinski definition) is 3. The second kappa shape index (κ2) is 64.9. The Hall–Kier alpha value is -1.66. The molecule has 75 heavy (non-hydrogen) atoms. The lowest BCUT2D eigenvalue weighted by Crippen LogP contribution is -2.45. The first-order chi connectivity index (χ1) is 37.0. The van der Waals surface area contributed by atoms with Crippen LogP contribution in [0.1, 0.15) is 380 Å². The van der Waals surface area contributed by atoms with Crippen LogP contribution in [-0.4, -0.2) is 47.4 Å². The van der Waals surface area contributed by atoms with Crippen molar-refractivity contribution in [2.24, 2.45) is 0 Å². The topological polar surface area (TPSA) is 95.9 Å². The molecule has 0 aliphatic heterocycles. The zero-order valence-electron chi connectivity index (χ0n) is 50.8. The van der Waals surface area contributed by atoms with Crippen molar-refractivity contribution in [1.29, 1.82) is 0 Å². The Balaban J connectivity index is 3.32. The van der Waals surface area contributed by atoms with Gasteiger partial charge >= 0.3 is 5.97 Å². The summed E-state index contributed by atoms with van der Waals surface area (Å²) in [5.74, 6) is -0.0161. The molecule has 2 atom stereocenters. The Morgan fingerprint density at radius 3 is 1.04 bits per heavy atom. The zero-order valence-corrected chi connectivity index (χ0v) is 50.8. The van der Waals surface area contributed by atoms with Crippen molar-refractivity contribution in [1.82, 2.24) is 5.32 Å². The highest BCUT2D eigenvalue weighted by atomic mass is 16.5. The number of ether oxygens (including phenoxy) is 1. The standard InChI is InChI=1S/C69H133NO5/c1-3-5-7-9-11-13-15-17-18-19-29-33-36-39-43-47-51-55-59-63-69(74)75-64-60-56-52-48-44-40-37-34-31-28-26-24-22-20-21-23-25-27-30-32-35-38-42-46-50-54-58-62-68(73)70-66(65-71)67(72)61-57-53-49-45-41-16-14-12-10-8-6-4-2/h11,13,17-18,66-67,71-72H,3-10,12,14-16,19-65H2,1-2H3,(H,70,73)/b13-11-,18-17-. The normalized spacial score (nSPS) is 12.6. The molecule has 2 unspecified atom stereocenters. The maximum Gasteiger partial charge on any atom is 0.305 e. The van der Waals surface area contributed by atoms with E-state index < -0.39 is 12.1 Å². The number of allylic oxidation sites excluding steroid dienone is 4. The fourth-order valence-corrected chi connectivity index (χ4v) is 10.8. The van der Waals surface area contributed by atoms with Gasteiger partial charge in [0.2, 0.25) is 5.91 Å². The second-order valence-electron chi connectivity index (χ2n) is 23.5. The number of hydrogen-bond acceptors (Lipinski definition) is 5. The number of unbranched alkanes of at least 4 members (excludes halogenated alkanes) is 49. The summed E-state index contributed by atoms with van der Waals surface area (Å²) in [6.07, 6.45) is 80.8. The molecule has 0 spiro atoms. The first-order valence-corrected chi connectivity index (χ1v) is 34.1. The van der Waals surface area contributed by atoms with Gasteiger partial charge in [0.05, 0.1) is 25.4 Å². The van der Waals surface area contributed by atoms with Crippen LogP contribution >= 0.6 is 0 Å². The summed E-state index contributed by atoms with van der Waals surface area (Å²) < 4.78 is 5.51. The van der Waals surface area contributed by atoms with Crippen molar-refractivity contribution in [3.8, 4) is 0 Å². The molecule has 3 N–H and O–H groups in total. The molecule has 0 rings (SSSR count). The Bertz CT molecular complexity index is 1170. The molecule has 444 valence electrons. The largest absolute Gasteiger partial charge is 0.466 e. The average molecular weight is 1060 g/mol. The van der Waals surface area contributed by atoms with Crippen LogP contribution in [0.15, 0.2) is 24.3 Å². The molecule has 6 heteroatoms. The number of esters is 1. The van der Waals surface area contributed by atoms with Crippen LogP contribution in [0.25, 0.3) is 0 Å². The maximum atomic E-state index is 12.5. The lowest BCUT2D eigenvalue weighted by Gasteiger charge is -2.22. The molecule has 0 heterocycles. The highest BCUT2D eigenvalue weighted by Crippen LogP contribution is 2.19. The van der Waals surface area contributed by atoms with Crippen LogP contribution in [0.2, 0.25) is 0 Å². The minimum atomic E-state index is -0.661. The van der Waals surface area contributed by atoms with Crippen molar-refractivity contribution in [2.45, 2.75) is 392 Å². The Labute approximate surface area is 469 Å². The van der Waals surface area contributed by atoms with E-state index in [-0.39, 0.29) is 18.5 Å². The van der Waals surface area contributed by atoms with Crippen LogP contribution in [0.4, 0.5) is 0 Å². The Kier molecular flexibility index (Phi) is 63.4. The lowest BCUT2D eigenvalue weighted by molar-refractivity contribution is -0.143. The quantitative estimate of drug-likeness (QED) is 0.0320. The first-order valence-electron chi connectivity index (χ1n) is 34.1.